The van der Waals surface area contributed by atoms with Crippen molar-refractivity contribution < 1.29 is 9.84 Å². The SMILES string of the molecule is CC(C)Cn1ncnc1CN(C)CC1(O)CCOCC1. The summed E-state index contributed by atoms with van der Waals surface area (Å²) >= 11 is 0. The molecule has 0 radical (unpaired) electrons. The third-order valence-corrected chi connectivity index (χ3v) is 3.63. The number of aliphatic hydroxyl groups is 1. The molecule has 114 valence electrons. The average Bonchev–Trinajstić information content (AvgIpc) is 2.75. The van der Waals surface area contributed by atoms with Gasteiger partial charge in [-0.1, -0.05) is 13.8 Å². The summed E-state index contributed by atoms with van der Waals surface area (Å²) in [5, 5.41) is 14.8. The molecule has 0 saturated carbocycles. The third-order valence-electron chi connectivity index (χ3n) is 3.63. The van der Waals surface area contributed by atoms with Crippen LogP contribution in [0.5, 0.6) is 0 Å². The zero-order chi connectivity index (χ0) is 14.6. The van der Waals surface area contributed by atoms with Gasteiger partial charge in [-0.25, -0.2) is 9.67 Å². The van der Waals surface area contributed by atoms with Crippen LogP contribution in [0.4, 0.5) is 0 Å². The molecule has 1 N–H and O–H groups in total. The summed E-state index contributed by atoms with van der Waals surface area (Å²) in [7, 11) is 2.02. The second-order valence-corrected chi connectivity index (χ2v) is 6.26. The van der Waals surface area contributed by atoms with Crippen LogP contribution in [0.2, 0.25) is 0 Å². The van der Waals surface area contributed by atoms with Gasteiger partial charge in [0.2, 0.25) is 0 Å². The third kappa shape index (κ3) is 4.26. The molecule has 6 nitrogen and oxygen atoms in total. The molecule has 0 aliphatic carbocycles. The number of ether oxygens (including phenoxy) is 1. The first kappa shape index (κ1) is 15.4. The van der Waals surface area contributed by atoms with Crippen LogP contribution in [-0.4, -0.2) is 57.2 Å². The Balaban J connectivity index is 1.90. The van der Waals surface area contributed by atoms with Crippen molar-refractivity contribution in [2.75, 3.05) is 26.8 Å². The Morgan fingerprint density at radius 2 is 2.15 bits per heavy atom. The molecule has 1 aliphatic rings. The van der Waals surface area contributed by atoms with Crippen molar-refractivity contribution in [3.63, 3.8) is 0 Å². The summed E-state index contributed by atoms with van der Waals surface area (Å²) in [5.41, 5.74) is -0.629. The molecule has 0 aromatic carbocycles. The standard InChI is InChI=1S/C14H26N4O2/c1-12(2)8-18-13(15-11-16-18)9-17(3)10-14(19)4-6-20-7-5-14/h11-12,19H,4-10H2,1-3H3. The van der Waals surface area contributed by atoms with Crippen molar-refractivity contribution >= 4 is 0 Å². The number of aromatic nitrogens is 3. The lowest BCUT2D eigenvalue weighted by molar-refractivity contribution is -0.0780. The van der Waals surface area contributed by atoms with Crippen molar-refractivity contribution in [2.24, 2.45) is 5.92 Å². The summed E-state index contributed by atoms with van der Waals surface area (Å²) in [6, 6.07) is 0. The lowest BCUT2D eigenvalue weighted by Crippen LogP contribution is -2.45. The highest BCUT2D eigenvalue weighted by atomic mass is 16.5. The Morgan fingerprint density at radius 3 is 2.80 bits per heavy atom. The van der Waals surface area contributed by atoms with E-state index < -0.39 is 5.60 Å². The largest absolute Gasteiger partial charge is 0.388 e. The minimum Gasteiger partial charge on any atom is -0.388 e. The molecule has 1 saturated heterocycles. The van der Waals surface area contributed by atoms with Crippen LogP contribution in [0.3, 0.4) is 0 Å². The molecule has 0 spiro atoms. The Bertz CT molecular complexity index is 413. The molecule has 1 aliphatic heterocycles. The number of hydrogen-bond acceptors (Lipinski definition) is 5. The van der Waals surface area contributed by atoms with Gasteiger partial charge in [-0.3, -0.25) is 4.90 Å². The highest BCUT2D eigenvalue weighted by molar-refractivity contribution is 4.88. The topological polar surface area (TPSA) is 63.4 Å². The maximum Gasteiger partial charge on any atom is 0.141 e. The molecule has 0 amide bonds. The van der Waals surface area contributed by atoms with Gasteiger partial charge in [-0.05, 0) is 13.0 Å². The molecule has 0 bridgehead atoms. The molecule has 20 heavy (non-hydrogen) atoms. The van der Waals surface area contributed by atoms with Gasteiger partial charge in [0.05, 0.1) is 12.1 Å². The first-order chi connectivity index (χ1) is 9.48. The Kier molecular flexibility index (Phi) is 5.12. The predicted molar refractivity (Wildman–Crippen MR) is 76.2 cm³/mol. The molecule has 2 rings (SSSR count). The van der Waals surface area contributed by atoms with E-state index in [4.69, 9.17) is 4.74 Å². The fourth-order valence-corrected chi connectivity index (χ4v) is 2.62. The minimum absolute atomic E-state index is 0.542. The number of rotatable bonds is 6. The highest BCUT2D eigenvalue weighted by Gasteiger charge is 2.31. The van der Waals surface area contributed by atoms with Gasteiger partial charge in [-0.15, -0.1) is 0 Å². The molecule has 1 aromatic heterocycles. The van der Waals surface area contributed by atoms with Gasteiger partial charge in [0, 0.05) is 39.1 Å². The molecule has 0 unspecified atom stereocenters. The second kappa shape index (κ2) is 6.65. The van der Waals surface area contributed by atoms with Crippen LogP contribution in [0.25, 0.3) is 0 Å². The van der Waals surface area contributed by atoms with E-state index in [1.54, 1.807) is 6.33 Å². The molecular formula is C14H26N4O2. The van der Waals surface area contributed by atoms with E-state index >= 15 is 0 Å². The fourth-order valence-electron chi connectivity index (χ4n) is 2.62. The summed E-state index contributed by atoms with van der Waals surface area (Å²) < 4.78 is 7.26. The summed E-state index contributed by atoms with van der Waals surface area (Å²) in [6.45, 7) is 7.85. The lowest BCUT2D eigenvalue weighted by atomic mass is 9.94. The molecule has 0 atom stereocenters. The number of hydrogen-bond donors (Lipinski definition) is 1. The summed E-state index contributed by atoms with van der Waals surface area (Å²) in [5.74, 6) is 1.50. The zero-order valence-electron chi connectivity index (χ0n) is 12.7. The van der Waals surface area contributed by atoms with Crippen LogP contribution < -0.4 is 0 Å². The minimum atomic E-state index is -0.629. The number of nitrogens with zero attached hydrogens (tertiary/aromatic N) is 4. The molecule has 6 heteroatoms. The Morgan fingerprint density at radius 1 is 1.45 bits per heavy atom. The normalized spacial score (nSPS) is 18.9. The van der Waals surface area contributed by atoms with E-state index in [9.17, 15) is 5.11 Å². The Hall–Kier alpha value is -0.980. The van der Waals surface area contributed by atoms with Crippen molar-refractivity contribution in [1.82, 2.24) is 19.7 Å². The van der Waals surface area contributed by atoms with Gasteiger partial charge >= 0.3 is 0 Å². The highest BCUT2D eigenvalue weighted by Crippen LogP contribution is 2.21. The van der Waals surface area contributed by atoms with E-state index in [2.05, 4.69) is 28.8 Å². The second-order valence-electron chi connectivity index (χ2n) is 6.26. The van der Waals surface area contributed by atoms with E-state index in [0.29, 0.717) is 45.1 Å². The summed E-state index contributed by atoms with van der Waals surface area (Å²) in [4.78, 5) is 6.45. The monoisotopic (exact) mass is 282 g/mol. The van der Waals surface area contributed by atoms with Gasteiger partial charge in [0.25, 0.3) is 0 Å². The zero-order valence-corrected chi connectivity index (χ0v) is 12.7. The first-order valence-corrected chi connectivity index (χ1v) is 7.34. The van der Waals surface area contributed by atoms with E-state index in [-0.39, 0.29) is 0 Å². The van der Waals surface area contributed by atoms with Crippen LogP contribution in [0, 0.1) is 5.92 Å². The summed E-state index contributed by atoms with van der Waals surface area (Å²) in [6.07, 6.45) is 3.01. The van der Waals surface area contributed by atoms with Crippen LogP contribution >= 0.6 is 0 Å². The van der Waals surface area contributed by atoms with E-state index in [1.807, 2.05) is 11.7 Å². The van der Waals surface area contributed by atoms with Gasteiger partial charge < -0.3 is 9.84 Å². The Labute approximate surface area is 120 Å². The molecule has 1 fully saturated rings. The van der Waals surface area contributed by atoms with Crippen LogP contribution in [0.15, 0.2) is 6.33 Å². The average molecular weight is 282 g/mol. The molecule has 2 heterocycles. The van der Waals surface area contributed by atoms with Gasteiger partial charge in [-0.2, -0.15) is 5.10 Å². The predicted octanol–water partition coefficient (Wildman–Crippen LogP) is 0.907. The maximum absolute atomic E-state index is 10.5. The van der Waals surface area contributed by atoms with E-state index in [0.717, 1.165) is 12.4 Å². The fraction of sp³-hybridized carbons (Fsp3) is 0.857. The molecule has 1 aromatic rings. The number of likely N-dealkylation sites (N-methyl/N-ethyl adjacent to an activating group) is 1. The van der Waals surface area contributed by atoms with Crippen molar-refractivity contribution in [3.05, 3.63) is 12.2 Å². The van der Waals surface area contributed by atoms with Gasteiger partial charge in [0.1, 0.15) is 12.2 Å². The van der Waals surface area contributed by atoms with Crippen molar-refractivity contribution in [3.8, 4) is 0 Å². The quantitative estimate of drug-likeness (QED) is 0.840. The molecular weight excluding hydrogens is 256 g/mol. The van der Waals surface area contributed by atoms with E-state index in [1.165, 1.54) is 0 Å². The lowest BCUT2D eigenvalue weighted by Gasteiger charge is -2.35. The van der Waals surface area contributed by atoms with Crippen LogP contribution in [0.1, 0.15) is 32.5 Å². The van der Waals surface area contributed by atoms with Crippen molar-refractivity contribution in [1.29, 1.82) is 0 Å². The first-order valence-electron chi connectivity index (χ1n) is 7.34. The smallest absolute Gasteiger partial charge is 0.141 e. The van der Waals surface area contributed by atoms with Crippen molar-refractivity contribution in [2.45, 2.75) is 45.4 Å². The van der Waals surface area contributed by atoms with Gasteiger partial charge in [0.15, 0.2) is 0 Å². The maximum atomic E-state index is 10.5. The van der Waals surface area contributed by atoms with Crippen LogP contribution in [-0.2, 0) is 17.8 Å².